The normalized spacial score (nSPS) is 16.6. The van der Waals surface area contributed by atoms with E-state index in [1.54, 1.807) is 50.5 Å². The number of nitrogens with zero attached hydrogens (tertiary/aromatic N) is 2. The molecule has 0 atom stereocenters. The van der Waals surface area contributed by atoms with Crippen LogP contribution in [0.3, 0.4) is 0 Å². The molecule has 0 radical (unpaired) electrons. The number of urea groups is 2. The molecule has 24 nitrogen and oxygen atoms in total. The number of aromatic nitrogens is 2. The molecule has 6 amide bonds. The van der Waals surface area contributed by atoms with Crippen LogP contribution in [0.4, 0.5) is 30.6 Å². The molecule has 0 saturated heterocycles. The van der Waals surface area contributed by atoms with Crippen molar-refractivity contribution in [1.82, 2.24) is 40.7 Å². The van der Waals surface area contributed by atoms with E-state index in [-0.39, 0.29) is 65.0 Å². The fraction of sp³-hybridized carbons (Fsp3) is 0.507. The third-order valence-corrected chi connectivity index (χ3v) is 26.9. The molecule has 100 heavy (non-hydrogen) atoms. The zero-order chi connectivity index (χ0) is 73.1. The quantitative estimate of drug-likeness (QED) is 0.0252. The lowest BCUT2D eigenvalue weighted by Crippen LogP contribution is -2.51. The molecule has 2 aromatic heterocycles. The van der Waals surface area contributed by atoms with Gasteiger partial charge in [0.25, 0.3) is 5.97 Å². The van der Waals surface area contributed by atoms with Crippen LogP contribution in [0.15, 0.2) is 119 Å². The third kappa shape index (κ3) is 26.5. The maximum atomic E-state index is 14.3. The topological polar surface area (TPSA) is 344 Å². The van der Waals surface area contributed by atoms with Crippen molar-refractivity contribution in [3.05, 3.63) is 131 Å². The Hall–Kier alpha value is -7.35. The van der Waals surface area contributed by atoms with Crippen LogP contribution in [-0.2, 0) is 51.8 Å². The first-order chi connectivity index (χ1) is 46.3. The minimum atomic E-state index is -4.12. The lowest BCUT2D eigenvalue weighted by molar-refractivity contribution is -0.134. The molecule has 550 valence electrons. The summed E-state index contributed by atoms with van der Waals surface area (Å²) in [6, 6.07) is 27.8. The first kappa shape index (κ1) is 83.3. The zero-order valence-corrected chi connectivity index (χ0v) is 63.4. The van der Waals surface area contributed by atoms with E-state index in [2.05, 4.69) is 80.2 Å². The number of benzene rings is 4. The number of hydrogen-bond acceptors (Lipinski definition) is 17. The third-order valence-electron chi connectivity index (χ3n) is 16.5. The number of aliphatic carboxylic acids is 1. The Bertz CT molecular complexity index is 3880. The highest BCUT2D eigenvalue weighted by molar-refractivity contribution is 7.90. The van der Waals surface area contributed by atoms with Gasteiger partial charge in [0, 0.05) is 84.4 Å². The number of hydrogen-bond donors (Lipinski definition) is 10. The van der Waals surface area contributed by atoms with Gasteiger partial charge >= 0.3 is 24.2 Å². The molecular formula is C71H104N10O14S4Si. The fourth-order valence-electron chi connectivity index (χ4n) is 10.4. The molecule has 2 heterocycles. The van der Waals surface area contributed by atoms with Gasteiger partial charge in [0.05, 0.1) is 60.5 Å². The van der Waals surface area contributed by atoms with Crippen LogP contribution in [0.1, 0.15) is 175 Å². The molecule has 2 fully saturated rings. The highest BCUT2D eigenvalue weighted by Crippen LogP contribution is 2.43. The number of carbonyl (C=O) groups is 5. The monoisotopic (exact) mass is 1480 g/mol. The summed E-state index contributed by atoms with van der Waals surface area (Å²) < 4.78 is 78.1. The van der Waals surface area contributed by atoms with E-state index in [1.807, 2.05) is 102 Å². The van der Waals surface area contributed by atoms with E-state index >= 15 is 0 Å². The molecule has 29 heteroatoms. The second-order valence-corrected chi connectivity index (χ2v) is 38.4. The first-order valence-electron chi connectivity index (χ1n) is 33.2. The van der Waals surface area contributed by atoms with E-state index in [0.29, 0.717) is 45.3 Å². The maximum Gasteiger partial charge on any atom is 0.407 e. The number of sulfonamides is 2. The van der Waals surface area contributed by atoms with Gasteiger partial charge in [-0.05, 0) is 160 Å². The molecule has 0 unspecified atom stereocenters. The Balaban J connectivity index is 0.000000342. The number of carboxylic acid groups (broad SMARTS) is 1. The summed E-state index contributed by atoms with van der Waals surface area (Å²) in [5.41, 5.74) is 1.41. The number of amides is 6. The van der Waals surface area contributed by atoms with Crippen molar-refractivity contribution >= 4 is 92.6 Å². The Kier molecular flexibility index (Phi) is 30.8. The molecule has 2 aliphatic rings. The predicted molar refractivity (Wildman–Crippen MR) is 398 cm³/mol. The molecule has 0 bridgehead atoms. The van der Waals surface area contributed by atoms with Gasteiger partial charge in [-0.1, -0.05) is 101 Å². The van der Waals surface area contributed by atoms with Gasteiger partial charge < -0.3 is 56.0 Å². The Labute approximate surface area is 600 Å². The number of carboxylic acids is 1. The Morgan fingerprint density at radius 3 is 1.28 bits per heavy atom. The SMILES string of the molecule is C.CC(=O)O.CC(C)OC(=O)NC1CCC(c2ncc(-c3ccc(NC(=O)NCc4ccccc4)cc3S(=O)(=O)NC(C)(C)CO)s2)CC1.CC(C)OC(=O)NC1CCC(c2ncc(-c3ccc(NC(=O)NCc4ccccc4)cc3S(=O)(=O)NC(C)(C)CO[Si](C)(C)C(C)(C)C)s2)CC1. The summed E-state index contributed by atoms with van der Waals surface area (Å²) in [5, 5.41) is 36.0. The number of aliphatic hydroxyl groups excluding tert-OH is 1. The predicted octanol–water partition coefficient (Wildman–Crippen LogP) is 14.4. The average molecular weight is 1480 g/mol. The molecule has 6 aromatic rings. The maximum absolute atomic E-state index is 14.3. The van der Waals surface area contributed by atoms with E-state index in [4.69, 9.17) is 28.8 Å². The number of thiazole rings is 2. The van der Waals surface area contributed by atoms with Gasteiger partial charge in [-0.25, -0.2) is 55.4 Å². The van der Waals surface area contributed by atoms with Crippen LogP contribution in [-0.4, -0.2) is 124 Å². The zero-order valence-electron chi connectivity index (χ0n) is 59.2. The van der Waals surface area contributed by atoms with E-state index in [0.717, 1.165) is 79.4 Å². The molecule has 0 aliphatic heterocycles. The van der Waals surface area contributed by atoms with Crippen molar-refractivity contribution in [3.63, 3.8) is 0 Å². The van der Waals surface area contributed by atoms with Gasteiger partial charge in [-0.15, -0.1) is 22.7 Å². The highest BCUT2D eigenvalue weighted by atomic mass is 32.2. The number of aliphatic hydroxyl groups is 1. The lowest BCUT2D eigenvalue weighted by atomic mass is 9.86. The lowest BCUT2D eigenvalue weighted by Gasteiger charge is -2.39. The van der Waals surface area contributed by atoms with Gasteiger partial charge in [-0.2, -0.15) is 0 Å². The number of alkyl carbamates (subject to hydrolysis) is 2. The molecule has 0 spiro atoms. The first-order valence-corrected chi connectivity index (χ1v) is 40.7. The van der Waals surface area contributed by atoms with Crippen LogP contribution < -0.4 is 41.3 Å². The van der Waals surface area contributed by atoms with Gasteiger partial charge in [0.2, 0.25) is 20.0 Å². The van der Waals surface area contributed by atoms with Crippen LogP contribution >= 0.6 is 22.7 Å². The van der Waals surface area contributed by atoms with Crippen LogP contribution in [0.5, 0.6) is 0 Å². The summed E-state index contributed by atoms with van der Waals surface area (Å²) in [5.74, 6) is -0.449. The Morgan fingerprint density at radius 2 is 0.940 bits per heavy atom. The second-order valence-electron chi connectivity index (χ2n) is 28.1. The van der Waals surface area contributed by atoms with Crippen molar-refractivity contribution in [1.29, 1.82) is 0 Å². The summed E-state index contributed by atoms with van der Waals surface area (Å²) >= 11 is 2.90. The van der Waals surface area contributed by atoms with Gasteiger partial charge in [0.15, 0.2) is 8.32 Å². The van der Waals surface area contributed by atoms with Crippen molar-refractivity contribution in [2.24, 2.45) is 0 Å². The molecular weight excluding hydrogens is 1370 g/mol. The minimum absolute atomic E-state index is 0. The number of nitrogens with one attached hydrogen (secondary N) is 8. The van der Waals surface area contributed by atoms with Crippen molar-refractivity contribution in [2.45, 2.75) is 230 Å². The largest absolute Gasteiger partial charge is 0.481 e. The minimum Gasteiger partial charge on any atom is -0.481 e. The standard InChI is InChI=1S/C37H55N5O6S2Si.C31H41N5O6S2.C2H4O2.CH4/c1-25(2)48-35(44)41-28-17-15-27(16-18-28)33-38-23-31(49-33)30-20-19-29(40-34(43)39-22-26-13-11-10-12-14-26)21-32(30)50(45,46)42-37(6,7)24-47-51(8,9)36(3,4)5;1-20(2)42-30(39)35-23-12-10-22(11-13-23)28-32-18-26(43-28)25-15-14-24(16-27(25)44(40,41)36-31(3,4)19-37)34-29(38)33-17-21-8-6-5-7-9-21;1-2(3)4;/h10-14,19-21,23,25,27-28,42H,15-18,22,24H2,1-9H3,(H,41,44)(H2,39,40,43);5-9,14-16,18,20,22-23,36-37H,10-13,17,19H2,1-4H3,(H,35,39)(H2,33,34,38);1H3,(H,3,4);1H4. The highest BCUT2D eigenvalue weighted by Gasteiger charge is 2.40. The summed E-state index contributed by atoms with van der Waals surface area (Å²) in [4.78, 5) is 69.3. The van der Waals surface area contributed by atoms with Crippen molar-refractivity contribution in [3.8, 4) is 20.9 Å². The molecule has 10 N–H and O–H groups in total. The summed E-state index contributed by atoms with van der Waals surface area (Å²) in [6.07, 6.45) is 8.78. The average Bonchev–Trinajstić information content (AvgIpc) is 1.65. The number of anilines is 2. The second kappa shape index (κ2) is 37.0. The van der Waals surface area contributed by atoms with E-state index in [9.17, 15) is 41.1 Å². The number of rotatable bonds is 24. The van der Waals surface area contributed by atoms with E-state index < -0.39 is 76.3 Å². The summed E-state index contributed by atoms with van der Waals surface area (Å²) in [6.45, 7) is 26.3. The van der Waals surface area contributed by atoms with E-state index in [1.165, 1.54) is 34.8 Å². The van der Waals surface area contributed by atoms with Gasteiger partial charge in [0.1, 0.15) is 0 Å². The van der Waals surface area contributed by atoms with Crippen LogP contribution in [0.2, 0.25) is 18.1 Å². The summed E-state index contributed by atoms with van der Waals surface area (Å²) in [7, 11) is -10.4. The molecule has 8 rings (SSSR count). The molecule has 2 aliphatic carbocycles. The smallest absolute Gasteiger partial charge is 0.407 e. The number of ether oxygens (including phenoxy) is 2. The molecule has 4 aromatic carbocycles. The Morgan fingerprint density at radius 1 is 0.580 bits per heavy atom. The fourth-order valence-corrected chi connectivity index (χ4v) is 17.3. The molecule has 2 saturated carbocycles. The van der Waals surface area contributed by atoms with Crippen LogP contribution in [0, 0.1) is 0 Å². The number of carbonyl (C=O) groups excluding carboxylic acids is 4. The van der Waals surface area contributed by atoms with Crippen molar-refractivity contribution in [2.75, 3.05) is 23.8 Å². The van der Waals surface area contributed by atoms with Crippen LogP contribution in [0.25, 0.3) is 20.9 Å². The van der Waals surface area contributed by atoms with Gasteiger partial charge in [-0.3, -0.25) is 4.79 Å². The van der Waals surface area contributed by atoms with Crippen molar-refractivity contribution < 1.29 is 64.9 Å².